The Balaban J connectivity index is 1.41. The summed E-state index contributed by atoms with van der Waals surface area (Å²) in [4.78, 5) is 25.4. The van der Waals surface area contributed by atoms with Crippen LogP contribution in [0.4, 0.5) is 17.6 Å². The Kier molecular flexibility index (Phi) is 6.79. The first-order valence-corrected chi connectivity index (χ1v) is 11.7. The number of aliphatic hydroxyl groups is 1. The van der Waals surface area contributed by atoms with Gasteiger partial charge in [0.05, 0.1) is 31.2 Å². The molecule has 34 heavy (non-hydrogen) atoms. The number of aliphatic hydroxyl groups excluding tert-OH is 1. The second-order valence-electron chi connectivity index (χ2n) is 8.47. The minimum absolute atomic E-state index is 0.201. The van der Waals surface area contributed by atoms with Crippen molar-refractivity contribution in [3.63, 3.8) is 0 Å². The Labute approximate surface area is 199 Å². The average Bonchev–Trinajstić information content (AvgIpc) is 2.90. The fraction of sp³-hybridized carbons (Fsp3) is 0.417. The van der Waals surface area contributed by atoms with Gasteiger partial charge < -0.3 is 25.4 Å². The molecule has 0 spiro atoms. The summed E-state index contributed by atoms with van der Waals surface area (Å²) in [5.74, 6) is 2.11. The summed E-state index contributed by atoms with van der Waals surface area (Å²) in [6.45, 7) is 7.41. The van der Waals surface area contributed by atoms with Crippen molar-refractivity contribution in [3.8, 4) is 22.5 Å². The quantitative estimate of drug-likeness (QED) is 0.552. The molecule has 0 atom stereocenters. The number of morpholine rings is 1. The molecule has 0 aromatic carbocycles. The van der Waals surface area contributed by atoms with Crippen LogP contribution in [-0.4, -0.2) is 95.6 Å². The monoisotopic (exact) mass is 462 g/mol. The molecule has 0 radical (unpaired) electrons. The van der Waals surface area contributed by atoms with Crippen LogP contribution in [0.25, 0.3) is 22.5 Å². The van der Waals surface area contributed by atoms with E-state index in [4.69, 9.17) is 30.5 Å². The SMILES string of the molecule is Nc1ccc(-c2cc(-c3ccc(N4CCN(CCO)CC4)nc3)nc(N3CCOCC3)n2)cn1. The standard InChI is InChI=1S/C24H30N8O2/c25-22-3-1-18(16-26-22)20-15-21(29-24(28-20)32-10-13-34-14-11-32)19-2-4-23(27-17-19)31-7-5-30(6-8-31)9-12-33/h1-4,15-17,33H,5-14H2,(H2,25,26). The summed E-state index contributed by atoms with van der Waals surface area (Å²) in [5.41, 5.74) is 9.21. The number of anilines is 3. The summed E-state index contributed by atoms with van der Waals surface area (Å²) < 4.78 is 5.50. The third kappa shape index (κ3) is 5.09. The fourth-order valence-electron chi connectivity index (χ4n) is 4.26. The molecule has 0 amide bonds. The van der Waals surface area contributed by atoms with Crippen LogP contribution >= 0.6 is 0 Å². The summed E-state index contributed by atoms with van der Waals surface area (Å²) in [6, 6.07) is 9.80. The molecular formula is C24H30N8O2. The van der Waals surface area contributed by atoms with E-state index in [2.05, 4.69) is 31.8 Å². The highest BCUT2D eigenvalue weighted by molar-refractivity contribution is 5.70. The Hall–Kier alpha value is -3.34. The van der Waals surface area contributed by atoms with E-state index in [-0.39, 0.29) is 6.61 Å². The maximum atomic E-state index is 9.15. The van der Waals surface area contributed by atoms with Gasteiger partial charge in [0, 0.05) is 69.3 Å². The molecule has 2 aliphatic rings. The molecule has 0 bridgehead atoms. The van der Waals surface area contributed by atoms with E-state index in [1.54, 1.807) is 12.3 Å². The number of hydrogen-bond acceptors (Lipinski definition) is 10. The fourth-order valence-corrected chi connectivity index (χ4v) is 4.26. The highest BCUT2D eigenvalue weighted by Crippen LogP contribution is 2.27. The van der Waals surface area contributed by atoms with Gasteiger partial charge in [-0.05, 0) is 30.3 Å². The molecule has 10 heteroatoms. The van der Waals surface area contributed by atoms with Gasteiger partial charge in [-0.25, -0.2) is 19.9 Å². The van der Waals surface area contributed by atoms with Gasteiger partial charge in [0.2, 0.25) is 5.95 Å². The van der Waals surface area contributed by atoms with Gasteiger partial charge in [0.15, 0.2) is 0 Å². The third-order valence-electron chi connectivity index (χ3n) is 6.25. The Morgan fingerprint density at radius 3 is 2.09 bits per heavy atom. The van der Waals surface area contributed by atoms with Crippen molar-refractivity contribution in [1.82, 2.24) is 24.8 Å². The third-order valence-corrected chi connectivity index (χ3v) is 6.25. The van der Waals surface area contributed by atoms with Gasteiger partial charge in [-0.2, -0.15) is 0 Å². The van der Waals surface area contributed by atoms with Gasteiger partial charge >= 0.3 is 0 Å². The Bertz CT molecular complexity index is 1080. The highest BCUT2D eigenvalue weighted by atomic mass is 16.5. The summed E-state index contributed by atoms with van der Waals surface area (Å²) in [5, 5.41) is 9.15. The lowest BCUT2D eigenvalue weighted by molar-refractivity contribution is 0.122. The van der Waals surface area contributed by atoms with E-state index < -0.39 is 0 Å². The van der Waals surface area contributed by atoms with E-state index in [0.29, 0.717) is 25.0 Å². The lowest BCUT2D eigenvalue weighted by Crippen LogP contribution is -2.47. The summed E-state index contributed by atoms with van der Waals surface area (Å²) >= 11 is 0. The second kappa shape index (κ2) is 10.3. The zero-order valence-corrected chi connectivity index (χ0v) is 19.2. The molecule has 2 saturated heterocycles. The first-order valence-electron chi connectivity index (χ1n) is 11.7. The molecule has 0 aliphatic carbocycles. The van der Waals surface area contributed by atoms with Crippen molar-refractivity contribution in [2.24, 2.45) is 0 Å². The van der Waals surface area contributed by atoms with Gasteiger partial charge in [-0.1, -0.05) is 0 Å². The Morgan fingerprint density at radius 1 is 0.824 bits per heavy atom. The molecule has 3 N–H and O–H groups in total. The Morgan fingerprint density at radius 2 is 1.50 bits per heavy atom. The van der Waals surface area contributed by atoms with E-state index in [9.17, 15) is 0 Å². The van der Waals surface area contributed by atoms with Crippen molar-refractivity contribution in [1.29, 1.82) is 0 Å². The smallest absolute Gasteiger partial charge is 0.226 e. The van der Waals surface area contributed by atoms with Gasteiger partial charge in [0.1, 0.15) is 11.6 Å². The number of β-amino-alcohol motifs (C(OH)–C–C–N with tert-alkyl or cyclic N) is 1. The van der Waals surface area contributed by atoms with Crippen molar-refractivity contribution < 1.29 is 9.84 Å². The zero-order chi connectivity index (χ0) is 23.3. The van der Waals surface area contributed by atoms with E-state index in [0.717, 1.165) is 74.1 Å². The summed E-state index contributed by atoms with van der Waals surface area (Å²) in [6.07, 6.45) is 3.62. The van der Waals surface area contributed by atoms with Crippen molar-refractivity contribution in [3.05, 3.63) is 42.7 Å². The van der Waals surface area contributed by atoms with Crippen molar-refractivity contribution >= 4 is 17.6 Å². The molecule has 3 aromatic rings. The van der Waals surface area contributed by atoms with Crippen LogP contribution in [0.15, 0.2) is 42.7 Å². The molecule has 5 rings (SSSR count). The maximum Gasteiger partial charge on any atom is 0.226 e. The van der Waals surface area contributed by atoms with Gasteiger partial charge in [-0.3, -0.25) is 4.90 Å². The minimum atomic E-state index is 0.201. The van der Waals surface area contributed by atoms with E-state index in [1.807, 2.05) is 18.3 Å². The normalized spacial score (nSPS) is 17.2. The number of aromatic nitrogens is 4. The molecule has 5 heterocycles. The summed E-state index contributed by atoms with van der Waals surface area (Å²) in [7, 11) is 0. The van der Waals surface area contributed by atoms with Gasteiger partial charge in [-0.15, -0.1) is 0 Å². The molecule has 178 valence electrons. The molecule has 10 nitrogen and oxygen atoms in total. The number of nitrogens with two attached hydrogens (primary N) is 1. The number of piperazine rings is 1. The molecule has 2 aliphatic heterocycles. The molecular weight excluding hydrogens is 432 g/mol. The topological polar surface area (TPSA) is 117 Å². The predicted molar refractivity (Wildman–Crippen MR) is 132 cm³/mol. The van der Waals surface area contributed by atoms with E-state index in [1.165, 1.54) is 0 Å². The molecule has 0 saturated carbocycles. The number of nitrogen functional groups attached to an aromatic ring is 1. The number of nitrogens with zero attached hydrogens (tertiary/aromatic N) is 7. The largest absolute Gasteiger partial charge is 0.395 e. The van der Waals surface area contributed by atoms with Crippen LogP contribution in [0, 0.1) is 0 Å². The number of rotatable bonds is 6. The number of ether oxygens (including phenoxy) is 1. The number of pyridine rings is 2. The van der Waals surface area contributed by atoms with Crippen LogP contribution in [0.5, 0.6) is 0 Å². The first-order chi connectivity index (χ1) is 16.7. The highest BCUT2D eigenvalue weighted by Gasteiger charge is 2.19. The lowest BCUT2D eigenvalue weighted by Gasteiger charge is -2.35. The van der Waals surface area contributed by atoms with Crippen LogP contribution in [0.3, 0.4) is 0 Å². The minimum Gasteiger partial charge on any atom is -0.395 e. The second-order valence-corrected chi connectivity index (χ2v) is 8.47. The van der Waals surface area contributed by atoms with E-state index >= 15 is 0 Å². The van der Waals surface area contributed by atoms with Crippen LogP contribution < -0.4 is 15.5 Å². The predicted octanol–water partition coefficient (Wildman–Crippen LogP) is 1.13. The van der Waals surface area contributed by atoms with Gasteiger partial charge in [0.25, 0.3) is 0 Å². The average molecular weight is 463 g/mol. The number of hydrogen-bond donors (Lipinski definition) is 2. The molecule has 3 aromatic heterocycles. The zero-order valence-electron chi connectivity index (χ0n) is 19.2. The van der Waals surface area contributed by atoms with Crippen molar-refractivity contribution in [2.75, 3.05) is 81.2 Å². The van der Waals surface area contributed by atoms with Crippen LogP contribution in [0.2, 0.25) is 0 Å². The van der Waals surface area contributed by atoms with Crippen LogP contribution in [0.1, 0.15) is 0 Å². The lowest BCUT2D eigenvalue weighted by atomic mass is 10.1. The molecule has 0 unspecified atom stereocenters. The molecule has 2 fully saturated rings. The van der Waals surface area contributed by atoms with Crippen molar-refractivity contribution in [2.45, 2.75) is 0 Å². The first kappa shape index (κ1) is 22.5. The maximum absolute atomic E-state index is 9.15. The van der Waals surface area contributed by atoms with Crippen LogP contribution in [-0.2, 0) is 4.74 Å².